The molecule has 9 atom stereocenters. The van der Waals surface area contributed by atoms with E-state index in [4.69, 9.17) is 0 Å². The van der Waals surface area contributed by atoms with Crippen LogP contribution >= 0.6 is 0 Å². The van der Waals surface area contributed by atoms with Crippen LogP contribution in [0.2, 0.25) is 0 Å². The minimum atomic E-state index is -0.461. The Balaban J connectivity index is 1.58. The molecule has 4 rings (SSSR count). The second-order valence-corrected chi connectivity index (χ2v) is 10.5. The summed E-state index contributed by atoms with van der Waals surface area (Å²) in [6.07, 6.45) is 8.98. The number of hydrogen-bond acceptors (Lipinski definition) is 3. The topological polar surface area (TPSA) is 57.5 Å². The van der Waals surface area contributed by atoms with Crippen molar-refractivity contribution in [3.8, 4) is 0 Å². The Morgan fingerprint density at radius 3 is 2.40 bits per heavy atom. The monoisotopic (exact) mass is 348 g/mol. The minimum absolute atomic E-state index is 0.0823. The van der Waals surface area contributed by atoms with Crippen molar-refractivity contribution in [2.75, 3.05) is 6.61 Å². The first-order chi connectivity index (χ1) is 11.8. The van der Waals surface area contributed by atoms with Crippen LogP contribution in [0.15, 0.2) is 0 Å². The molecule has 4 fully saturated rings. The van der Waals surface area contributed by atoms with Crippen LogP contribution in [-0.4, -0.2) is 28.2 Å². The summed E-state index contributed by atoms with van der Waals surface area (Å²) in [5.74, 6) is 4.55. The highest BCUT2D eigenvalue weighted by Crippen LogP contribution is 2.65. The average molecular weight is 349 g/mol. The lowest BCUT2D eigenvalue weighted by Crippen LogP contribution is -2.53. The molecule has 2 N–H and O–H groups in total. The van der Waals surface area contributed by atoms with E-state index in [1.165, 1.54) is 25.7 Å². The Labute approximate surface area is 152 Å². The van der Waals surface area contributed by atoms with E-state index in [-0.39, 0.29) is 23.7 Å². The lowest BCUT2D eigenvalue weighted by atomic mass is 9.47. The number of hydrogen-bond donors (Lipinski definition) is 2. The largest absolute Gasteiger partial charge is 0.390 e. The highest BCUT2D eigenvalue weighted by atomic mass is 16.3. The third kappa shape index (κ3) is 2.72. The van der Waals surface area contributed by atoms with Gasteiger partial charge in [0.1, 0.15) is 6.61 Å². The molecule has 0 aromatic heterocycles. The van der Waals surface area contributed by atoms with Gasteiger partial charge in [-0.1, -0.05) is 13.8 Å². The molecule has 0 bridgehead atoms. The summed E-state index contributed by atoms with van der Waals surface area (Å²) in [5.41, 5.74) is -0.342. The summed E-state index contributed by atoms with van der Waals surface area (Å²) in [7, 11) is 0. The molecule has 4 aliphatic rings. The van der Waals surface area contributed by atoms with E-state index < -0.39 is 5.60 Å². The summed E-state index contributed by atoms with van der Waals surface area (Å²) in [6.45, 7) is 6.51. The summed E-state index contributed by atoms with van der Waals surface area (Å²) < 4.78 is 0. The van der Waals surface area contributed by atoms with Gasteiger partial charge in [0.05, 0.1) is 5.60 Å². The number of aliphatic hydroxyl groups is 2. The van der Waals surface area contributed by atoms with Gasteiger partial charge in [-0.2, -0.15) is 0 Å². The molecule has 4 aliphatic carbocycles. The van der Waals surface area contributed by atoms with Crippen LogP contribution in [0.25, 0.3) is 0 Å². The number of ketones is 1. The van der Waals surface area contributed by atoms with Crippen LogP contribution in [0.3, 0.4) is 0 Å². The van der Waals surface area contributed by atoms with Gasteiger partial charge in [-0.15, -0.1) is 0 Å². The lowest BCUT2D eigenvalue weighted by molar-refractivity contribution is -0.138. The fourth-order valence-electron chi connectivity index (χ4n) is 8.04. The van der Waals surface area contributed by atoms with Gasteiger partial charge in [0.25, 0.3) is 0 Å². The number of fused-ring (bicyclic) bond motifs is 5. The molecule has 0 spiro atoms. The Hall–Kier alpha value is -0.410. The number of carbonyl (C=O) groups excluding carboxylic acids is 1. The van der Waals surface area contributed by atoms with E-state index >= 15 is 0 Å². The second kappa shape index (κ2) is 6.05. The van der Waals surface area contributed by atoms with Gasteiger partial charge < -0.3 is 10.2 Å². The van der Waals surface area contributed by atoms with E-state index in [1.54, 1.807) is 0 Å². The lowest BCUT2D eigenvalue weighted by Gasteiger charge is -2.58. The Kier molecular flexibility index (Phi) is 4.35. The molecule has 0 aromatic carbocycles. The zero-order valence-corrected chi connectivity index (χ0v) is 16.2. The number of aliphatic hydroxyl groups excluding tert-OH is 1. The van der Waals surface area contributed by atoms with Crippen molar-refractivity contribution < 1.29 is 15.0 Å². The normalized spacial score (nSPS) is 55.2. The van der Waals surface area contributed by atoms with E-state index in [1.807, 2.05) is 6.92 Å². The van der Waals surface area contributed by atoms with Gasteiger partial charge in [0.15, 0.2) is 5.78 Å². The van der Waals surface area contributed by atoms with Crippen molar-refractivity contribution in [2.24, 2.45) is 46.8 Å². The predicted octanol–water partition coefficient (Wildman–Crippen LogP) is 3.81. The Morgan fingerprint density at radius 1 is 1.00 bits per heavy atom. The molecular weight excluding hydrogens is 312 g/mol. The minimum Gasteiger partial charge on any atom is -0.390 e. The van der Waals surface area contributed by atoms with Crippen molar-refractivity contribution >= 4 is 5.78 Å². The van der Waals surface area contributed by atoms with Crippen LogP contribution in [0, 0.1) is 46.8 Å². The summed E-state index contributed by atoms with van der Waals surface area (Å²) in [5, 5.41) is 20.0. The third-order valence-electron chi connectivity index (χ3n) is 9.20. The van der Waals surface area contributed by atoms with E-state index in [0.717, 1.165) is 43.4 Å². The van der Waals surface area contributed by atoms with Crippen molar-refractivity contribution in [1.29, 1.82) is 0 Å². The molecule has 4 saturated carbocycles. The molecule has 3 heteroatoms. The van der Waals surface area contributed by atoms with E-state index in [9.17, 15) is 15.0 Å². The predicted molar refractivity (Wildman–Crippen MR) is 97.9 cm³/mol. The maximum Gasteiger partial charge on any atom is 0.161 e. The van der Waals surface area contributed by atoms with Gasteiger partial charge >= 0.3 is 0 Å². The van der Waals surface area contributed by atoms with Crippen molar-refractivity contribution in [2.45, 2.75) is 77.7 Å². The highest BCUT2D eigenvalue weighted by molar-refractivity contribution is 5.83. The summed E-state index contributed by atoms with van der Waals surface area (Å²) in [6, 6.07) is 0. The van der Waals surface area contributed by atoms with Gasteiger partial charge in [-0.05, 0) is 99.2 Å². The second-order valence-electron chi connectivity index (χ2n) is 10.5. The fraction of sp³-hybridized carbons (Fsp3) is 0.955. The van der Waals surface area contributed by atoms with Crippen LogP contribution in [-0.2, 0) is 4.79 Å². The summed E-state index contributed by atoms with van der Waals surface area (Å²) >= 11 is 0. The maximum atomic E-state index is 12.3. The van der Waals surface area contributed by atoms with E-state index in [0.29, 0.717) is 17.8 Å². The van der Waals surface area contributed by atoms with Crippen molar-refractivity contribution in [3.05, 3.63) is 0 Å². The standard InChI is InChI=1S/C22H36O3/c1-13-10-16-14(15-6-8-21(2,25)11-17(13)15)7-9-22(3)18(16)4-5-19(22)20(24)12-23/h13-19,23,25H,4-12H2,1-3H3/t13-,14-,15-,16-,17+,18+,19-,21+,22+/m1/s1. The van der Waals surface area contributed by atoms with Crippen LogP contribution in [0.4, 0.5) is 0 Å². The van der Waals surface area contributed by atoms with Gasteiger partial charge in [-0.25, -0.2) is 0 Å². The SMILES string of the molecule is C[C@@H]1C[C@@H]2[C@H](CC[C@]3(C)[C@@H](C(=O)CO)CC[C@@H]23)[C@H]2CC[C@](C)(O)C[C@H]21. The molecule has 0 saturated heterocycles. The molecule has 0 aliphatic heterocycles. The molecule has 0 heterocycles. The molecule has 0 radical (unpaired) electrons. The first kappa shape index (κ1) is 18.0. The van der Waals surface area contributed by atoms with Crippen molar-refractivity contribution in [3.63, 3.8) is 0 Å². The first-order valence-corrected chi connectivity index (χ1v) is 10.6. The average Bonchev–Trinajstić information content (AvgIpc) is 2.91. The van der Waals surface area contributed by atoms with Crippen LogP contribution < -0.4 is 0 Å². The highest BCUT2D eigenvalue weighted by Gasteiger charge is 2.59. The smallest absolute Gasteiger partial charge is 0.161 e. The Morgan fingerprint density at radius 2 is 1.68 bits per heavy atom. The molecule has 0 unspecified atom stereocenters. The fourth-order valence-corrected chi connectivity index (χ4v) is 8.04. The van der Waals surface area contributed by atoms with Crippen molar-refractivity contribution in [1.82, 2.24) is 0 Å². The molecule has 3 nitrogen and oxygen atoms in total. The van der Waals surface area contributed by atoms with Crippen LogP contribution in [0.5, 0.6) is 0 Å². The number of carbonyl (C=O) groups is 1. The molecule has 0 amide bonds. The maximum absolute atomic E-state index is 12.3. The van der Waals surface area contributed by atoms with Gasteiger partial charge in [-0.3, -0.25) is 4.79 Å². The van der Waals surface area contributed by atoms with E-state index in [2.05, 4.69) is 13.8 Å². The molecule has 142 valence electrons. The first-order valence-electron chi connectivity index (χ1n) is 10.6. The molecule has 0 aromatic rings. The van der Waals surface area contributed by atoms with Crippen LogP contribution in [0.1, 0.15) is 72.1 Å². The van der Waals surface area contributed by atoms with Gasteiger partial charge in [0, 0.05) is 5.92 Å². The quantitative estimate of drug-likeness (QED) is 0.798. The number of Topliss-reactive ketones (excluding diaryl/α,β-unsaturated/α-hetero) is 1. The number of rotatable bonds is 2. The Bertz CT molecular complexity index is 541. The zero-order valence-electron chi connectivity index (χ0n) is 16.2. The summed E-state index contributed by atoms with van der Waals surface area (Å²) in [4.78, 5) is 12.3. The third-order valence-corrected chi connectivity index (χ3v) is 9.20. The van der Waals surface area contributed by atoms with Gasteiger partial charge in [0.2, 0.25) is 0 Å². The zero-order chi connectivity index (χ0) is 18.0. The molecular formula is C22H36O3. The molecule has 25 heavy (non-hydrogen) atoms.